The molecule has 1 unspecified atom stereocenters. The first kappa shape index (κ1) is 9.17. The van der Waals surface area contributed by atoms with Crippen LogP contribution in [0.25, 0.3) is 0 Å². The number of hydrogen-bond donors (Lipinski definition) is 1. The van der Waals surface area contributed by atoms with Crippen molar-refractivity contribution in [1.29, 1.82) is 5.26 Å². The van der Waals surface area contributed by atoms with Gasteiger partial charge in [0.1, 0.15) is 5.54 Å². The lowest BCUT2D eigenvalue weighted by Crippen LogP contribution is -2.44. The number of nitrogens with one attached hydrogen (secondary N) is 1. The molecule has 2 heterocycles. The predicted molar refractivity (Wildman–Crippen MR) is 53.4 cm³/mol. The molecule has 1 N–H and O–H groups in total. The van der Waals surface area contributed by atoms with Crippen LogP contribution in [0.5, 0.6) is 0 Å². The Labute approximate surface area is 83.8 Å². The molecule has 0 aliphatic carbocycles. The van der Waals surface area contributed by atoms with Crippen molar-refractivity contribution in [3.05, 3.63) is 30.1 Å². The van der Waals surface area contributed by atoms with Gasteiger partial charge in [-0.05, 0) is 31.9 Å². The normalized spacial score (nSPS) is 26.8. The average molecular weight is 187 g/mol. The lowest BCUT2D eigenvalue weighted by atomic mass is 9.84. The van der Waals surface area contributed by atoms with Crippen LogP contribution in [-0.4, -0.2) is 11.5 Å². The maximum atomic E-state index is 9.25. The second-order valence-corrected chi connectivity index (χ2v) is 3.64. The lowest BCUT2D eigenvalue weighted by Gasteiger charge is -2.32. The highest BCUT2D eigenvalue weighted by atomic mass is 15.0. The number of piperidine rings is 1. The van der Waals surface area contributed by atoms with E-state index in [-0.39, 0.29) is 0 Å². The molecule has 1 aromatic heterocycles. The van der Waals surface area contributed by atoms with E-state index in [1.165, 1.54) is 0 Å². The van der Waals surface area contributed by atoms with Gasteiger partial charge in [-0.15, -0.1) is 0 Å². The molecule has 0 radical (unpaired) electrons. The number of pyridine rings is 1. The minimum Gasteiger partial charge on any atom is -0.296 e. The van der Waals surface area contributed by atoms with Crippen molar-refractivity contribution in [3.63, 3.8) is 0 Å². The summed E-state index contributed by atoms with van der Waals surface area (Å²) in [6.07, 6.45) is 6.66. The Morgan fingerprint density at radius 1 is 1.50 bits per heavy atom. The van der Waals surface area contributed by atoms with E-state index >= 15 is 0 Å². The predicted octanol–water partition coefficient (Wildman–Crippen LogP) is 1.57. The molecule has 3 heteroatoms. The molecule has 1 aliphatic rings. The maximum Gasteiger partial charge on any atom is 0.133 e. The molecule has 0 amide bonds. The molecule has 0 bridgehead atoms. The molecule has 1 fully saturated rings. The van der Waals surface area contributed by atoms with Gasteiger partial charge in [0.2, 0.25) is 0 Å². The highest BCUT2D eigenvalue weighted by Gasteiger charge is 2.33. The van der Waals surface area contributed by atoms with Crippen LogP contribution in [0.1, 0.15) is 24.8 Å². The van der Waals surface area contributed by atoms with Crippen LogP contribution in [0, 0.1) is 11.3 Å². The Kier molecular flexibility index (Phi) is 2.47. The van der Waals surface area contributed by atoms with Gasteiger partial charge in [0, 0.05) is 18.0 Å². The number of hydrogen-bond acceptors (Lipinski definition) is 3. The van der Waals surface area contributed by atoms with Crippen LogP contribution < -0.4 is 5.32 Å². The van der Waals surface area contributed by atoms with Gasteiger partial charge in [0.25, 0.3) is 0 Å². The van der Waals surface area contributed by atoms with E-state index in [1.54, 1.807) is 12.4 Å². The van der Waals surface area contributed by atoms with Crippen molar-refractivity contribution >= 4 is 0 Å². The van der Waals surface area contributed by atoms with E-state index < -0.39 is 5.54 Å². The minimum atomic E-state index is -0.494. The summed E-state index contributed by atoms with van der Waals surface area (Å²) < 4.78 is 0. The fourth-order valence-electron chi connectivity index (χ4n) is 1.93. The first-order valence-electron chi connectivity index (χ1n) is 4.94. The molecule has 0 aromatic carbocycles. The summed E-state index contributed by atoms with van der Waals surface area (Å²) in [4.78, 5) is 4.06. The average Bonchev–Trinajstić information content (AvgIpc) is 2.31. The summed E-state index contributed by atoms with van der Waals surface area (Å²) in [5.41, 5.74) is 0.495. The first-order valence-corrected chi connectivity index (χ1v) is 4.94. The Morgan fingerprint density at radius 2 is 2.43 bits per heavy atom. The zero-order chi connectivity index (χ0) is 9.86. The molecular formula is C11H13N3. The zero-order valence-corrected chi connectivity index (χ0v) is 8.03. The largest absolute Gasteiger partial charge is 0.296 e. The molecule has 14 heavy (non-hydrogen) atoms. The lowest BCUT2D eigenvalue weighted by molar-refractivity contribution is 0.330. The van der Waals surface area contributed by atoms with Crippen molar-refractivity contribution < 1.29 is 0 Å². The Hall–Kier alpha value is -1.40. The van der Waals surface area contributed by atoms with E-state index in [0.717, 1.165) is 31.4 Å². The van der Waals surface area contributed by atoms with E-state index in [4.69, 9.17) is 0 Å². The van der Waals surface area contributed by atoms with Crippen molar-refractivity contribution in [3.8, 4) is 6.07 Å². The summed E-state index contributed by atoms with van der Waals surface area (Å²) in [7, 11) is 0. The van der Waals surface area contributed by atoms with Gasteiger partial charge in [-0.2, -0.15) is 5.26 Å². The van der Waals surface area contributed by atoms with Crippen LogP contribution in [0.2, 0.25) is 0 Å². The van der Waals surface area contributed by atoms with Gasteiger partial charge in [-0.1, -0.05) is 6.07 Å². The Morgan fingerprint density at radius 3 is 3.00 bits per heavy atom. The van der Waals surface area contributed by atoms with Crippen LogP contribution in [0.4, 0.5) is 0 Å². The monoisotopic (exact) mass is 187 g/mol. The number of aromatic nitrogens is 1. The number of nitriles is 1. The van der Waals surface area contributed by atoms with Crippen molar-refractivity contribution in [2.24, 2.45) is 0 Å². The quantitative estimate of drug-likeness (QED) is 0.726. The topological polar surface area (TPSA) is 48.7 Å². The number of nitrogens with zero attached hydrogens (tertiary/aromatic N) is 2. The van der Waals surface area contributed by atoms with Gasteiger partial charge < -0.3 is 0 Å². The smallest absolute Gasteiger partial charge is 0.133 e. The van der Waals surface area contributed by atoms with E-state index in [0.29, 0.717) is 0 Å². The van der Waals surface area contributed by atoms with Gasteiger partial charge >= 0.3 is 0 Å². The third-order valence-electron chi connectivity index (χ3n) is 2.75. The molecule has 1 aromatic rings. The van der Waals surface area contributed by atoms with Crippen molar-refractivity contribution in [2.45, 2.75) is 24.8 Å². The van der Waals surface area contributed by atoms with Crippen LogP contribution in [-0.2, 0) is 5.54 Å². The highest BCUT2D eigenvalue weighted by Crippen LogP contribution is 2.28. The van der Waals surface area contributed by atoms with E-state index in [9.17, 15) is 5.26 Å². The van der Waals surface area contributed by atoms with E-state index in [2.05, 4.69) is 16.4 Å². The Balaban J connectivity index is 2.33. The van der Waals surface area contributed by atoms with Gasteiger partial charge in [0.15, 0.2) is 0 Å². The summed E-state index contributed by atoms with van der Waals surface area (Å²) in [5.74, 6) is 0. The molecule has 1 saturated heterocycles. The molecule has 0 spiro atoms. The van der Waals surface area contributed by atoms with Gasteiger partial charge in [-0.25, -0.2) is 0 Å². The van der Waals surface area contributed by atoms with Crippen LogP contribution >= 0.6 is 0 Å². The second-order valence-electron chi connectivity index (χ2n) is 3.64. The van der Waals surface area contributed by atoms with Crippen molar-refractivity contribution in [2.75, 3.05) is 6.54 Å². The molecule has 0 saturated carbocycles. The first-order chi connectivity index (χ1) is 6.87. The second kappa shape index (κ2) is 3.77. The number of rotatable bonds is 1. The summed E-state index contributed by atoms with van der Waals surface area (Å²) in [6, 6.07) is 6.23. The highest BCUT2D eigenvalue weighted by molar-refractivity contribution is 5.29. The molecule has 1 atom stereocenters. The SMILES string of the molecule is N#CC1(c2cccnc2)CCCCN1. The van der Waals surface area contributed by atoms with Gasteiger partial charge in [0.05, 0.1) is 6.07 Å². The summed E-state index contributed by atoms with van der Waals surface area (Å²) >= 11 is 0. The fourth-order valence-corrected chi connectivity index (χ4v) is 1.93. The third kappa shape index (κ3) is 1.49. The van der Waals surface area contributed by atoms with Crippen LogP contribution in [0.15, 0.2) is 24.5 Å². The van der Waals surface area contributed by atoms with Gasteiger partial charge in [-0.3, -0.25) is 10.3 Å². The standard InChI is InChI=1S/C11H13N3/c12-9-11(5-1-2-7-14-11)10-4-3-6-13-8-10/h3-4,6,8,14H,1-2,5,7H2. The zero-order valence-electron chi connectivity index (χ0n) is 8.03. The molecule has 1 aliphatic heterocycles. The molecule has 3 nitrogen and oxygen atoms in total. The minimum absolute atomic E-state index is 0.494. The molecule has 72 valence electrons. The van der Waals surface area contributed by atoms with Crippen molar-refractivity contribution in [1.82, 2.24) is 10.3 Å². The fraction of sp³-hybridized carbons (Fsp3) is 0.455. The Bertz CT molecular complexity index is 333. The molecule has 2 rings (SSSR count). The van der Waals surface area contributed by atoms with Crippen LogP contribution in [0.3, 0.4) is 0 Å². The van der Waals surface area contributed by atoms with E-state index in [1.807, 2.05) is 12.1 Å². The summed E-state index contributed by atoms with van der Waals surface area (Å²) in [6.45, 7) is 0.919. The summed E-state index contributed by atoms with van der Waals surface area (Å²) in [5, 5.41) is 12.6. The molecular weight excluding hydrogens is 174 g/mol. The maximum absolute atomic E-state index is 9.25. The third-order valence-corrected chi connectivity index (χ3v) is 2.75.